The molecule has 56 valence electrons. The van der Waals surface area contributed by atoms with E-state index in [-0.39, 0.29) is 0 Å². The lowest BCUT2D eigenvalue weighted by atomic mass is 10.6. The average molecular weight is 187 g/mol. The van der Waals surface area contributed by atoms with Crippen LogP contribution in [0.5, 0.6) is 0 Å². The minimum Gasteiger partial charge on any atom is -0.215 e. The van der Waals surface area contributed by atoms with Crippen LogP contribution in [0.4, 0.5) is 0 Å². The zero-order valence-electron chi connectivity index (χ0n) is 5.27. The molecular weight excluding hydrogens is 184 g/mol. The fourth-order valence-electron chi connectivity index (χ4n) is 0.778. The Labute approximate surface area is 72.6 Å². The van der Waals surface area contributed by atoms with Gasteiger partial charge in [-0.25, -0.2) is 4.98 Å². The number of aromatic nitrogens is 4. The van der Waals surface area contributed by atoms with Crippen molar-refractivity contribution in [1.82, 2.24) is 19.8 Å². The van der Waals surface area contributed by atoms with E-state index in [2.05, 4.69) is 27.9 Å². The van der Waals surface area contributed by atoms with Gasteiger partial charge in [0.1, 0.15) is 10.2 Å². The van der Waals surface area contributed by atoms with Gasteiger partial charge in [0, 0.05) is 6.07 Å². The Morgan fingerprint density at radius 1 is 1.55 bits per heavy atom. The van der Waals surface area contributed by atoms with Crippen molar-refractivity contribution >= 4 is 29.9 Å². The van der Waals surface area contributed by atoms with Crippen molar-refractivity contribution in [2.45, 2.75) is 5.03 Å². The third-order valence-electron chi connectivity index (χ3n) is 1.22. The van der Waals surface area contributed by atoms with Gasteiger partial charge in [0.15, 0.2) is 5.65 Å². The fourth-order valence-corrected chi connectivity index (χ4v) is 1.31. The maximum atomic E-state index is 5.65. The van der Waals surface area contributed by atoms with Crippen LogP contribution in [0.3, 0.4) is 0 Å². The number of hydrogen-bond acceptors (Lipinski definition) is 4. The summed E-state index contributed by atoms with van der Waals surface area (Å²) in [6.07, 6.45) is 1.52. The predicted octanol–water partition coefficient (Wildman–Crippen LogP) is 1.07. The number of rotatable bonds is 0. The van der Waals surface area contributed by atoms with Crippen molar-refractivity contribution in [2.24, 2.45) is 0 Å². The second-order valence-corrected chi connectivity index (χ2v) is 2.79. The molecule has 0 aliphatic carbocycles. The third-order valence-corrected chi connectivity index (χ3v) is 1.73. The molecule has 2 aromatic heterocycles. The molecule has 2 rings (SSSR count). The first kappa shape index (κ1) is 6.87. The highest BCUT2D eigenvalue weighted by Crippen LogP contribution is 2.12. The molecule has 0 saturated heterocycles. The summed E-state index contributed by atoms with van der Waals surface area (Å²) in [6, 6.07) is 1.60. The first-order valence-electron chi connectivity index (χ1n) is 2.83. The molecule has 0 N–H and O–H groups in total. The Bertz CT molecular complexity index is 398. The largest absolute Gasteiger partial charge is 0.215 e. The summed E-state index contributed by atoms with van der Waals surface area (Å²) in [5.74, 6) is 0. The maximum Gasteiger partial charge on any atom is 0.178 e. The van der Waals surface area contributed by atoms with E-state index in [0.717, 1.165) is 0 Å². The first-order chi connectivity index (χ1) is 5.27. The lowest BCUT2D eigenvalue weighted by Gasteiger charge is -1.94. The molecule has 2 aromatic rings. The molecule has 0 aliphatic rings. The van der Waals surface area contributed by atoms with Gasteiger partial charge in [-0.1, -0.05) is 16.8 Å². The Kier molecular flexibility index (Phi) is 1.47. The summed E-state index contributed by atoms with van der Waals surface area (Å²) in [6.45, 7) is 0. The summed E-state index contributed by atoms with van der Waals surface area (Å²) in [5.41, 5.74) is 0.600. The zero-order valence-corrected chi connectivity index (χ0v) is 6.92. The lowest BCUT2D eigenvalue weighted by molar-refractivity contribution is 0.781. The Morgan fingerprint density at radius 3 is 3.18 bits per heavy atom. The van der Waals surface area contributed by atoms with Crippen molar-refractivity contribution in [3.63, 3.8) is 0 Å². The fraction of sp³-hybridized carbons (Fsp3) is 0. The Morgan fingerprint density at radius 2 is 2.36 bits per heavy atom. The van der Waals surface area contributed by atoms with Crippen LogP contribution in [-0.2, 0) is 0 Å². The summed E-state index contributed by atoms with van der Waals surface area (Å²) in [4.78, 5) is 3.95. The van der Waals surface area contributed by atoms with Crippen LogP contribution in [0.25, 0.3) is 5.65 Å². The number of thiol groups is 1. The molecule has 0 aromatic carbocycles. The summed E-state index contributed by atoms with van der Waals surface area (Å²) < 4.78 is 1.50. The van der Waals surface area contributed by atoms with Crippen LogP contribution in [-0.4, -0.2) is 19.8 Å². The van der Waals surface area contributed by atoms with Crippen LogP contribution in [0.15, 0.2) is 17.3 Å². The standard InChI is InChI=1S/C5H3ClN4S/c6-3-1-5(11)10-4(8-3)2-7-9-10/h1-2,11H. The summed E-state index contributed by atoms with van der Waals surface area (Å²) in [5, 5.41) is 8.39. The molecule has 2 heterocycles. The van der Waals surface area contributed by atoms with E-state index in [0.29, 0.717) is 15.8 Å². The second kappa shape index (κ2) is 2.35. The quantitative estimate of drug-likeness (QED) is 0.495. The van der Waals surface area contributed by atoms with Crippen molar-refractivity contribution in [2.75, 3.05) is 0 Å². The van der Waals surface area contributed by atoms with Gasteiger partial charge >= 0.3 is 0 Å². The second-order valence-electron chi connectivity index (χ2n) is 1.94. The Balaban J connectivity index is 2.91. The molecule has 0 aliphatic heterocycles. The molecule has 11 heavy (non-hydrogen) atoms. The molecule has 0 atom stereocenters. The van der Waals surface area contributed by atoms with Gasteiger partial charge in [-0.15, -0.1) is 17.7 Å². The predicted molar refractivity (Wildman–Crippen MR) is 43.0 cm³/mol. The third kappa shape index (κ3) is 1.06. The molecule has 0 fully saturated rings. The van der Waals surface area contributed by atoms with Crippen molar-refractivity contribution < 1.29 is 0 Å². The Hall–Kier alpha value is -0.810. The topological polar surface area (TPSA) is 43.1 Å². The average Bonchev–Trinajstić information content (AvgIpc) is 2.34. The van der Waals surface area contributed by atoms with E-state index < -0.39 is 0 Å². The van der Waals surface area contributed by atoms with Crippen LogP contribution >= 0.6 is 24.2 Å². The molecule has 4 nitrogen and oxygen atoms in total. The lowest BCUT2D eigenvalue weighted by Crippen LogP contribution is -1.92. The van der Waals surface area contributed by atoms with Crippen molar-refractivity contribution in [3.05, 3.63) is 17.4 Å². The van der Waals surface area contributed by atoms with Gasteiger partial charge in [-0.05, 0) is 0 Å². The van der Waals surface area contributed by atoms with Gasteiger partial charge in [0.05, 0.1) is 6.20 Å². The van der Waals surface area contributed by atoms with Crippen LogP contribution in [0.2, 0.25) is 5.15 Å². The molecule has 0 saturated carbocycles. The molecule has 0 bridgehead atoms. The molecular formula is C5H3ClN4S. The van der Waals surface area contributed by atoms with Gasteiger partial charge in [0.2, 0.25) is 0 Å². The van der Waals surface area contributed by atoms with Gasteiger partial charge in [-0.2, -0.15) is 4.52 Å². The highest BCUT2D eigenvalue weighted by molar-refractivity contribution is 7.80. The van der Waals surface area contributed by atoms with Crippen LogP contribution in [0, 0.1) is 0 Å². The van der Waals surface area contributed by atoms with Crippen LogP contribution < -0.4 is 0 Å². The number of hydrogen-bond donors (Lipinski definition) is 1. The molecule has 0 unspecified atom stereocenters. The SMILES string of the molecule is Sc1cc(Cl)nc2cnnn12. The zero-order chi connectivity index (χ0) is 7.84. The molecule has 0 radical (unpaired) electrons. The summed E-state index contributed by atoms with van der Waals surface area (Å²) >= 11 is 9.77. The van der Waals surface area contributed by atoms with E-state index in [9.17, 15) is 0 Å². The minimum atomic E-state index is 0.393. The first-order valence-corrected chi connectivity index (χ1v) is 3.66. The molecule has 0 spiro atoms. The molecule has 6 heteroatoms. The van der Waals surface area contributed by atoms with E-state index in [1.807, 2.05) is 0 Å². The van der Waals surface area contributed by atoms with E-state index in [4.69, 9.17) is 11.6 Å². The van der Waals surface area contributed by atoms with Crippen molar-refractivity contribution in [3.8, 4) is 0 Å². The smallest absolute Gasteiger partial charge is 0.178 e. The number of halogens is 1. The maximum absolute atomic E-state index is 5.65. The van der Waals surface area contributed by atoms with E-state index in [1.54, 1.807) is 6.07 Å². The van der Waals surface area contributed by atoms with Crippen LogP contribution in [0.1, 0.15) is 0 Å². The van der Waals surface area contributed by atoms with Gasteiger partial charge in [-0.3, -0.25) is 0 Å². The minimum absolute atomic E-state index is 0.393. The normalized spacial score (nSPS) is 10.7. The summed E-state index contributed by atoms with van der Waals surface area (Å²) in [7, 11) is 0. The van der Waals surface area contributed by atoms with Gasteiger partial charge < -0.3 is 0 Å². The monoisotopic (exact) mass is 186 g/mol. The van der Waals surface area contributed by atoms with Gasteiger partial charge in [0.25, 0.3) is 0 Å². The number of fused-ring (bicyclic) bond motifs is 1. The number of nitrogens with zero attached hydrogens (tertiary/aromatic N) is 4. The van der Waals surface area contributed by atoms with E-state index >= 15 is 0 Å². The van der Waals surface area contributed by atoms with E-state index in [1.165, 1.54) is 10.7 Å². The van der Waals surface area contributed by atoms with Crippen molar-refractivity contribution in [1.29, 1.82) is 0 Å². The highest BCUT2D eigenvalue weighted by Gasteiger charge is 2.01. The molecule has 0 amide bonds. The highest BCUT2D eigenvalue weighted by atomic mass is 35.5.